The number of hydrogen-bond donors (Lipinski definition) is 1. The van der Waals surface area contributed by atoms with E-state index in [-0.39, 0.29) is 0 Å². The zero-order valence-electron chi connectivity index (χ0n) is 13.6. The summed E-state index contributed by atoms with van der Waals surface area (Å²) in [5.41, 5.74) is 0. The van der Waals surface area contributed by atoms with E-state index < -0.39 is 10.0 Å². The lowest BCUT2D eigenvalue weighted by molar-refractivity contribution is 0.238. The summed E-state index contributed by atoms with van der Waals surface area (Å²) < 4.78 is 24.9. The van der Waals surface area contributed by atoms with E-state index in [0.717, 1.165) is 38.8 Å². The molecular formula is C15H32N2O2S. The molecule has 1 rings (SSSR count). The Morgan fingerprint density at radius 3 is 2.60 bits per heavy atom. The van der Waals surface area contributed by atoms with Gasteiger partial charge in [0.2, 0.25) is 10.0 Å². The minimum absolute atomic E-state index is 0.531. The molecule has 4 nitrogen and oxygen atoms in total. The van der Waals surface area contributed by atoms with Crippen LogP contribution in [0, 0.1) is 11.8 Å². The van der Waals surface area contributed by atoms with Gasteiger partial charge < -0.3 is 5.32 Å². The van der Waals surface area contributed by atoms with Crippen molar-refractivity contribution in [1.82, 2.24) is 9.62 Å². The van der Waals surface area contributed by atoms with E-state index in [1.165, 1.54) is 12.7 Å². The Bertz CT molecular complexity index is 368. The molecule has 0 aromatic heterocycles. The van der Waals surface area contributed by atoms with Gasteiger partial charge in [0.1, 0.15) is 0 Å². The van der Waals surface area contributed by atoms with E-state index >= 15 is 0 Å². The number of rotatable bonds is 8. The summed E-state index contributed by atoms with van der Waals surface area (Å²) in [6.07, 6.45) is 6.95. The van der Waals surface area contributed by atoms with Crippen molar-refractivity contribution in [2.24, 2.45) is 11.8 Å². The van der Waals surface area contributed by atoms with E-state index in [0.29, 0.717) is 24.4 Å². The Morgan fingerprint density at radius 1 is 1.35 bits per heavy atom. The van der Waals surface area contributed by atoms with Crippen molar-refractivity contribution in [3.8, 4) is 0 Å². The Morgan fingerprint density at radius 2 is 2.05 bits per heavy atom. The van der Waals surface area contributed by atoms with Crippen molar-refractivity contribution in [3.05, 3.63) is 0 Å². The van der Waals surface area contributed by atoms with Gasteiger partial charge in [-0.05, 0) is 50.5 Å². The smallest absolute Gasteiger partial charge is 0.211 e. The quantitative estimate of drug-likeness (QED) is 0.749. The maximum atomic E-state index is 11.6. The van der Waals surface area contributed by atoms with E-state index in [1.807, 2.05) is 0 Å². The molecule has 1 aliphatic rings. The minimum Gasteiger partial charge on any atom is -0.314 e. The first-order valence-electron chi connectivity index (χ1n) is 8.03. The zero-order chi connectivity index (χ0) is 15.2. The molecule has 0 aromatic carbocycles. The maximum Gasteiger partial charge on any atom is 0.211 e. The third-order valence-corrected chi connectivity index (χ3v) is 5.57. The molecule has 120 valence electrons. The maximum absolute atomic E-state index is 11.6. The average Bonchev–Trinajstić information content (AvgIpc) is 2.37. The fraction of sp³-hybridized carbons (Fsp3) is 1.00. The molecule has 0 aromatic rings. The van der Waals surface area contributed by atoms with Crippen molar-refractivity contribution < 1.29 is 8.42 Å². The third-order valence-electron chi connectivity index (χ3n) is 4.30. The molecule has 1 fully saturated rings. The van der Waals surface area contributed by atoms with Gasteiger partial charge in [-0.3, -0.25) is 0 Å². The summed E-state index contributed by atoms with van der Waals surface area (Å²) in [5.74, 6) is 1.17. The summed E-state index contributed by atoms with van der Waals surface area (Å²) in [6.45, 7) is 9.21. The molecule has 0 saturated carbocycles. The molecular weight excluding hydrogens is 272 g/mol. The molecule has 2 unspecified atom stereocenters. The van der Waals surface area contributed by atoms with Crippen LogP contribution in [0.2, 0.25) is 0 Å². The Kier molecular flexibility index (Phi) is 7.48. The molecule has 1 heterocycles. The number of hydrogen-bond acceptors (Lipinski definition) is 3. The SMILES string of the molecule is CCCNC(CCC1CCCN(S(C)(=O)=O)C1)C(C)C. The van der Waals surface area contributed by atoms with Crippen LogP contribution in [0.1, 0.15) is 52.9 Å². The van der Waals surface area contributed by atoms with E-state index in [9.17, 15) is 8.42 Å². The summed E-state index contributed by atoms with van der Waals surface area (Å²) in [4.78, 5) is 0. The second-order valence-electron chi connectivity index (χ2n) is 6.51. The fourth-order valence-electron chi connectivity index (χ4n) is 2.98. The van der Waals surface area contributed by atoms with Crippen molar-refractivity contribution in [2.75, 3.05) is 25.9 Å². The normalized spacial score (nSPS) is 23.1. The molecule has 1 aliphatic heterocycles. The highest BCUT2D eigenvalue weighted by atomic mass is 32.2. The number of nitrogens with one attached hydrogen (secondary N) is 1. The largest absolute Gasteiger partial charge is 0.314 e. The fourth-order valence-corrected chi connectivity index (χ4v) is 3.92. The average molecular weight is 305 g/mol. The molecule has 0 amide bonds. The number of sulfonamides is 1. The number of nitrogens with zero attached hydrogens (tertiary/aromatic N) is 1. The topological polar surface area (TPSA) is 49.4 Å². The lowest BCUT2D eigenvalue weighted by Gasteiger charge is -2.32. The van der Waals surface area contributed by atoms with Crippen LogP contribution < -0.4 is 5.32 Å². The van der Waals surface area contributed by atoms with Gasteiger partial charge in [0.25, 0.3) is 0 Å². The van der Waals surface area contributed by atoms with Crippen LogP contribution in [0.5, 0.6) is 0 Å². The second-order valence-corrected chi connectivity index (χ2v) is 8.49. The van der Waals surface area contributed by atoms with Crippen LogP contribution in [0.3, 0.4) is 0 Å². The first-order valence-corrected chi connectivity index (χ1v) is 9.88. The van der Waals surface area contributed by atoms with E-state index in [1.54, 1.807) is 4.31 Å². The zero-order valence-corrected chi connectivity index (χ0v) is 14.4. The highest BCUT2D eigenvalue weighted by molar-refractivity contribution is 7.88. The van der Waals surface area contributed by atoms with Gasteiger partial charge in [-0.1, -0.05) is 20.8 Å². The summed E-state index contributed by atoms with van der Waals surface area (Å²) in [5, 5.41) is 3.62. The van der Waals surface area contributed by atoms with Gasteiger partial charge in [0, 0.05) is 19.1 Å². The molecule has 2 atom stereocenters. The van der Waals surface area contributed by atoms with Gasteiger partial charge in [-0.15, -0.1) is 0 Å². The Hall–Kier alpha value is -0.130. The first-order chi connectivity index (χ1) is 9.34. The van der Waals surface area contributed by atoms with Crippen LogP contribution in [-0.2, 0) is 10.0 Å². The molecule has 0 radical (unpaired) electrons. The monoisotopic (exact) mass is 304 g/mol. The third kappa shape index (κ3) is 6.10. The van der Waals surface area contributed by atoms with Crippen molar-refractivity contribution >= 4 is 10.0 Å². The molecule has 0 bridgehead atoms. The van der Waals surface area contributed by atoms with E-state index in [4.69, 9.17) is 0 Å². The Balaban J connectivity index is 2.43. The van der Waals surface area contributed by atoms with Gasteiger partial charge in [-0.2, -0.15) is 0 Å². The summed E-state index contributed by atoms with van der Waals surface area (Å²) >= 11 is 0. The summed E-state index contributed by atoms with van der Waals surface area (Å²) in [6, 6.07) is 0.559. The molecule has 1 saturated heterocycles. The van der Waals surface area contributed by atoms with Crippen LogP contribution in [0.25, 0.3) is 0 Å². The lowest BCUT2D eigenvalue weighted by Crippen LogP contribution is -2.40. The molecule has 1 N–H and O–H groups in total. The van der Waals surface area contributed by atoms with Crippen molar-refractivity contribution in [3.63, 3.8) is 0 Å². The lowest BCUT2D eigenvalue weighted by atomic mass is 9.89. The van der Waals surface area contributed by atoms with Gasteiger partial charge in [0.15, 0.2) is 0 Å². The highest BCUT2D eigenvalue weighted by Gasteiger charge is 2.26. The van der Waals surface area contributed by atoms with Crippen LogP contribution in [0.4, 0.5) is 0 Å². The Labute approximate surface area is 125 Å². The minimum atomic E-state index is -3.01. The van der Waals surface area contributed by atoms with Gasteiger partial charge in [-0.25, -0.2) is 12.7 Å². The molecule has 5 heteroatoms. The van der Waals surface area contributed by atoms with E-state index in [2.05, 4.69) is 26.1 Å². The van der Waals surface area contributed by atoms with Crippen LogP contribution in [-0.4, -0.2) is 44.7 Å². The summed E-state index contributed by atoms with van der Waals surface area (Å²) in [7, 11) is -3.01. The van der Waals surface area contributed by atoms with Gasteiger partial charge in [0.05, 0.1) is 6.26 Å². The first kappa shape index (κ1) is 17.9. The predicted octanol–water partition coefficient (Wildman–Crippen LogP) is 2.46. The standard InChI is InChI=1S/C15H32N2O2S/c1-5-10-16-15(13(2)3)9-8-14-7-6-11-17(12-14)20(4,18)19/h13-16H,5-12H2,1-4H3. The van der Waals surface area contributed by atoms with Crippen molar-refractivity contribution in [1.29, 1.82) is 0 Å². The molecule has 20 heavy (non-hydrogen) atoms. The van der Waals surface area contributed by atoms with Crippen molar-refractivity contribution in [2.45, 2.75) is 58.9 Å². The van der Waals surface area contributed by atoms with Gasteiger partial charge >= 0.3 is 0 Å². The molecule has 0 spiro atoms. The second kappa shape index (κ2) is 8.35. The number of piperidine rings is 1. The highest BCUT2D eigenvalue weighted by Crippen LogP contribution is 2.24. The predicted molar refractivity (Wildman–Crippen MR) is 85.3 cm³/mol. The van der Waals surface area contributed by atoms with Crippen LogP contribution >= 0.6 is 0 Å². The van der Waals surface area contributed by atoms with Crippen LogP contribution in [0.15, 0.2) is 0 Å². The molecule has 0 aliphatic carbocycles.